The van der Waals surface area contributed by atoms with Crippen molar-refractivity contribution < 1.29 is 4.79 Å². The number of nitrogens with one attached hydrogen (secondary N) is 3. The number of nitrogens with zero attached hydrogens (tertiary/aromatic N) is 3. The van der Waals surface area contributed by atoms with E-state index in [0.717, 1.165) is 61.0 Å². The summed E-state index contributed by atoms with van der Waals surface area (Å²) in [5, 5.41) is 14.3. The predicted octanol–water partition coefficient (Wildman–Crippen LogP) is 3.47. The standard InChI is InChI=1S/C23H34N6O.HI/c1-4-24-23(26-14-8-13-25-22(30)19-10-7-11-19)27-16-20-9-5-6-12-21(20)29-18(3)15-17(2)28-29;/h5-6,9,12,15,19H,4,7-8,10-11,13-14,16H2,1-3H3,(H,25,30)(H2,24,26,27);1H. The van der Waals surface area contributed by atoms with E-state index in [-0.39, 0.29) is 35.8 Å². The number of halogens is 1. The number of amides is 1. The summed E-state index contributed by atoms with van der Waals surface area (Å²) in [6.45, 7) is 8.94. The summed E-state index contributed by atoms with van der Waals surface area (Å²) in [6.07, 6.45) is 4.14. The lowest BCUT2D eigenvalue weighted by Crippen LogP contribution is -2.39. The Morgan fingerprint density at radius 3 is 2.55 bits per heavy atom. The maximum Gasteiger partial charge on any atom is 0.223 e. The highest BCUT2D eigenvalue weighted by atomic mass is 127. The summed E-state index contributed by atoms with van der Waals surface area (Å²) in [5.74, 6) is 1.24. The van der Waals surface area contributed by atoms with Gasteiger partial charge in [-0.05, 0) is 57.7 Å². The first kappa shape index (κ1) is 25.2. The van der Waals surface area contributed by atoms with Crippen molar-refractivity contribution in [1.29, 1.82) is 0 Å². The van der Waals surface area contributed by atoms with E-state index in [0.29, 0.717) is 13.1 Å². The van der Waals surface area contributed by atoms with E-state index < -0.39 is 0 Å². The van der Waals surface area contributed by atoms with Gasteiger partial charge in [-0.3, -0.25) is 4.79 Å². The summed E-state index contributed by atoms with van der Waals surface area (Å²) in [4.78, 5) is 16.6. The molecule has 1 aliphatic rings. The number of hydrogen-bond acceptors (Lipinski definition) is 3. The zero-order valence-corrected chi connectivity index (χ0v) is 21.1. The molecule has 31 heavy (non-hydrogen) atoms. The molecule has 0 bridgehead atoms. The number of benzene rings is 1. The van der Waals surface area contributed by atoms with Crippen molar-refractivity contribution >= 4 is 35.8 Å². The third-order valence-corrected chi connectivity index (χ3v) is 5.40. The molecule has 3 N–H and O–H groups in total. The lowest BCUT2D eigenvalue weighted by molar-refractivity contribution is -0.127. The monoisotopic (exact) mass is 538 g/mol. The van der Waals surface area contributed by atoms with Gasteiger partial charge in [-0.15, -0.1) is 24.0 Å². The molecule has 1 aromatic heterocycles. The van der Waals surface area contributed by atoms with Gasteiger partial charge in [-0.2, -0.15) is 5.10 Å². The Balaban J connectivity index is 0.00000341. The van der Waals surface area contributed by atoms with Crippen LogP contribution in [0.15, 0.2) is 35.3 Å². The second-order valence-electron chi connectivity index (χ2n) is 7.86. The summed E-state index contributed by atoms with van der Waals surface area (Å²) in [5.41, 5.74) is 4.29. The molecule has 0 unspecified atom stereocenters. The van der Waals surface area contributed by atoms with E-state index in [1.54, 1.807) is 0 Å². The van der Waals surface area contributed by atoms with Gasteiger partial charge in [0.15, 0.2) is 5.96 Å². The van der Waals surface area contributed by atoms with E-state index in [9.17, 15) is 4.79 Å². The molecule has 0 atom stereocenters. The Labute approximate surface area is 202 Å². The van der Waals surface area contributed by atoms with Crippen LogP contribution in [0.2, 0.25) is 0 Å². The molecule has 1 saturated carbocycles. The molecule has 0 spiro atoms. The molecular weight excluding hydrogens is 503 g/mol. The quantitative estimate of drug-likeness (QED) is 0.198. The highest BCUT2D eigenvalue weighted by Gasteiger charge is 2.24. The van der Waals surface area contributed by atoms with Crippen molar-refractivity contribution in [3.05, 3.63) is 47.3 Å². The molecule has 3 rings (SSSR count). The second-order valence-corrected chi connectivity index (χ2v) is 7.86. The van der Waals surface area contributed by atoms with Gasteiger partial charge in [0.25, 0.3) is 0 Å². The molecule has 2 aromatic rings. The molecule has 1 aromatic carbocycles. The van der Waals surface area contributed by atoms with Crippen LogP contribution in [-0.2, 0) is 11.3 Å². The van der Waals surface area contributed by atoms with Gasteiger partial charge in [0.1, 0.15) is 0 Å². The Hall–Kier alpha value is -2.10. The van der Waals surface area contributed by atoms with E-state index in [4.69, 9.17) is 4.99 Å². The van der Waals surface area contributed by atoms with Gasteiger partial charge >= 0.3 is 0 Å². The number of guanidine groups is 1. The molecule has 170 valence electrons. The van der Waals surface area contributed by atoms with Crippen LogP contribution >= 0.6 is 24.0 Å². The summed E-state index contributed by atoms with van der Waals surface area (Å²) < 4.78 is 1.98. The molecule has 8 heteroatoms. The SMILES string of the molecule is CCNC(=NCc1ccccc1-n1nc(C)cc1C)NCCCNC(=O)C1CCC1.I. The average Bonchev–Trinajstić information content (AvgIpc) is 3.02. The molecule has 1 fully saturated rings. The van der Waals surface area contributed by atoms with E-state index >= 15 is 0 Å². The molecular formula is C23H35IN6O. The van der Waals surface area contributed by atoms with Crippen LogP contribution in [0, 0.1) is 19.8 Å². The van der Waals surface area contributed by atoms with Crippen LogP contribution in [0.5, 0.6) is 0 Å². The lowest BCUT2D eigenvalue weighted by atomic mass is 9.85. The summed E-state index contributed by atoms with van der Waals surface area (Å²) >= 11 is 0. The highest BCUT2D eigenvalue weighted by Crippen LogP contribution is 2.26. The number of rotatable bonds is 9. The highest BCUT2D eigenvalue weighted by molar-refractivity contribution is 14.0. The number of para-hydroxylation sites is 1. The fourth-order valence-corrected chi connectivity index (χ4v) is 3.55. The number of carbonyl (C=O) groups is 1. The number of aliphatic imine (C=N–C) groups is 1. The average molecular weight is 538 g/mol. The smallest absolute Gasteiger partial charge is 0.223 e. The van der Waals surface area contributed by atoms with E-state index in [1.807, 2.05) is 23.7 Å². The first-order chi connectivity index (χ1) is 14.6. The number of hydrogen-bond donors (Lipinski definition) is 3. The Kier molecular flexibility index (Phi) is 10.3. The molecule has 0 aliphatic heterocycles. The van der Waals surface area contributed by atoms with Crippen molar-refractivity contribution in [2.45, 2.75) is 53.0 Å². The van der Waals surface area contributed by atoms with Crippen molar-refractivity contribution in [1.82, 2.24) is 25.7 Å². The Morgan fingerprint density at radius 2 is 1.90 bits per heavy atom. The fourth-order valence-electron chi connectivity index (χ4n) is 3.55. The first-order valence-electron chi connectivity index (χ1n) is 11.0. The van der Waals surface area contributed by atoms with Gasteiger partial charge in [0, 0.05) is 31.2 Å². The normalized spacial score (nSPS) is 13.8. The van der Waals surface area contributed by atoms with E-state index in [1.165, 1.54) is 6.42 Å². The molecule has 0 radical (unpaired) electrons. The number of carbonyl (C=O) groups excluding carboxylic acids is 1. The minimum atomic E-state index is 0. The first-order valence-corrected chi connectivity index (χ1v) is 11.0. The van der Waals surface area contributed by atoms with Crippen molar-refractivity contribution in [2.75, 3.05) is 19.6 Å². The summed E-state index contributed by atoms with van der Waals surface area (Å²) in [6, 6.07) is 10.3. The zero-order valence-electron chi connectivity index (χ0n) is 18.8. The third kappa shape index (κ3) is 7.22. The molecule has 1 amide bonds. The van der Waals surface area contributed by atoms with Crippen molar-refractivity contribution in [2.24, 2.45) is 10.9 Å². The molecule has 0 saturated heterocycles. The Bertz CT molecular complexity index is 875. The van der Waals surface area contributed by atoms with Gasteiger partial charge in [0.05, 0.1) is 17.9 Å². The third-order valence-electron chi connectivity index (χ3n) is 5.40. The Morgan fingerprint density at radius 1 is 1.16 bits per heavy atom. The topological polar surface area (TPSA) is 83.3 Å². The van der Waals surface area contributed by atoms with Crippen LogP contribution in [0.3, 0.4) is 0 Å². The number of aromatic nitrogens is 2. The molecule has 7 nitrogen and oxygen atoms in total. The van der Waals surface area contributed by atoms with E-state index in [2.05, 4.69) is 53.1 Å². The van der Waals surface area contributed by atoms with Gasteiger partial charge in [-0.1, -0.05) is 24.6 Å². The van der Waals surface area contributed by atoms with Crippen LogP contribution in [-0.4, -0.2) is 41.3 Å². The van der Waals surface area contributed by atoms with Crippen molar-refractivity contribution in [3.63, 3.8) is 0 Å². The largest absolute Gasteiger partial charge is 0.357 e. The lowest BCUT2D eigenvalue weighted by Gasteiger charge is -2.24. The molecule has 1 heterocycles. The van der Waals surface area contributed by atoms with Crippen LogP contribution < -0.4 is 16.0 Å². The minimum absolute atomic E-state index is 0. The van der Waals surface area contributed by atoms with Crippen LogP contribution in [0.4, 0.5) is 0 Å². The minimum Gasteiger partial charge on any atom is -0.357 e. The maximum absolute atomic E-state index is 11.9. The van der Waals surface area contributed by atoms with Crippen LogP contribution in [0.1, 0.15) is 49.6 Å². The van der Waals surface area contributed by atoms with Gasteiger partial charge < -0.3 is 16.0 Å². The second kappa shape index (κ2) is 12.7. The molecule has 1 aliphatic carbocycles. The van der Waals surface area contributed by atoms with Gasteiger partial charge in [-0.25, -0.2) is 9.67 Å². The zero-order chi connectivity index (χ0) is 21.3. The van der Waals surface area contributed by atoms with Gasteiger partial charge in [0.2, 0.25) is 5.91 Å². The predicted molar refractivity (Wildman–Crippen MR) is 136 cm³/mol. The van der Waals surface area contributed by atoms with Crippen molar-refractivity contribution in [3.8, 4) is 5.69 Å². The van der Waals surface area contributed by atoms with Crippen LogP contribution in [0.25, 0.3) is 5.69 Å². The maximum atomic E-state index is 11.9. The summed E-state index contributed by atoms with van der Waals surface area (Å²) in [7, 11) is 0. The fraction of sp³-hybridized carbons (Fsp3) is 0.522. The number of aryl methyl sites for hydroxylation is 2.